The Labute approximate surface area is 120 Å². The molecule has 2 N–H and O–H groups in total. The topological polar surface area (TPSA) is 46.3 Å². The van der Waals surface area contributed by atoms with E-state index in [1.54, 1.807) is 0 Å². The monoisotopic (exact) mass is 280 g/mol. The molecule has 2 bridgehead atoms. The highest BCUT2D eigenvalue weighted by molar-refractivity contribution is 7.80. The summed E-state index contributed by atoms with van der Waals surface area (Å²) in [6.45, 7) is 3.80. The van der Waals surface area contributed by atoms with Gasteiger partial charge in [-0.2, -0.15) is 0 Å². The number of piperidine rings is 1. The van der Waals surface area contributed by atoms with E-state index in [2.05, 4.69) is 11.8 Å². The number of nitrogens with zero attached hydrogens (tertiary/aromatic N) is 1. The van der Waals surface area contributed by atoms with Crippen LogP contribution in [0.25, 0.3) is 0 Å². The van der Waals surface area contributed by atoms with Gasteiger partial charge in [0.05, 0.1) is 4.99 Å². The smallest absolute Gasteiger partial charge is 0.225 e. The molecule has 19 heavy (non-hydrogen) atoms. The summed E-state index contributed by atoms with van der Waals surface area (Å²) in [4.78, 5) is 15.3. The van der Waals surface area contributed by atoms with Crippen molar-refractivity contribution in [1.29, 1.82) is 0 Å². The van der Waals surface area contributed by atoms with Crippen LogP contribution in [0.5, 0.6) is 0 Å². The van der Waals surface area contributed by atoms with Crippen molar-refractivity contribution in [3.63, 3.8) is 0 Å². The first kappa shape index (κ1) is 13.3. The lowest BCUT2D eigenvalue weighted by Crippen LogP contribution is -2.48. The predicted molar refractivity (Wildman–Crippen MR) is 79.6 cm³/mol. The molecule has 1 aliphatic heterocycles. The third-order valence-corrected chi connectivity index (χ3v) is 6.32. The third-order valence-electron chi connectivity index (χ3n) is 5.83. The molecule has 0 spiro atoms. The van der Waals surface area contributed by atoms with Gasteiger partial charge in [0.1, 0.15) is 0 Å². The van der Waals surface area contributed by atoms with Gasteiger partial charge in [-0.1, -0.05) is 25.6 Å². The number of carbonyl (C=O) groups excluding carboxylic acids is 1. The first-order chi connectivity index (χ1) is 8.99. The number of thiocarbonyl (C=S) groups is 1. The Morgan fingerprint density at radius 2 is 1.95 bits per heavy atom. The molecule has 3 fully saturated rings. The van der Waals surface area contributed by atoms with E-state index in [9.17, 15) is 4.79 Å². The SMILES string of the molecule is CC1(C(N)=S)CCN(C(=O)C2CC3CCC2C3)CC1. The lowest BCUT2D eigenvalue weighted by Gasteiger charge is -2.40. The Kier molecular flexibility index (Phi) is 3.32. The minimum absolute atomic E-state index is 0.0409. The molecular weight excluding hydrogens is 256 g/mol. The van der Waals surface area contributed by atoms with Crippen LogP contribution in [0.3, 0.4) is 0 Å². The molecule has 0 aromatic carbocycles. The molecule has 0 aromatic rings. The molecule has 106 valence electrons. The number of amides is 1. The van der Waals surface area contributed by atoms with Crippen molar-refractivity contribution < 1.29 is 4.79 Å². The van der Waals surface area contributed by atoms with Crippen LogP contribution in [0.1, 0.15) is 45.4 Å². The van der Waals surface area contributed by atoms with Crippen LogP contribution in [0.4, 0.5) is 0 Å². The Bertz CT molecular complexity index is 401. The minimum atomic E-state index is -0.0409. The van der Waals surface area contributed by atoms with E-state index in [4.69, 9.17) is 18.0 Å². The third kappa shape index (κ3) is 2.28. The lowest BCUT2D eigenvalue weighted by molar-refractivity contribution is -0.138. The highest BCUT2D eigenvalue weighted by Gasteiger charge is 2.45. The predicted octanol–water partition coefficient (Wildman–Crippen LogP) is 2.34. The van der Waals surface area contributed by atoms with E-state index in [1.807, 2.05) is 0 Å². The summed E-state index contributed by atoms with van der Waals surface area (Å²) in [6, 6.07) is 0. The second-order valence-electron chi connectivity index (χ2n) is 7.03. The molecule has 1 heterocycles. The van der Waals surface area contributed by atoms with Gasteiger partial charge in [-0.15, -0.1) is 0 Å². The second-order valence-corrected chi connectivity index (χ2v) is 7.47. The molecule has 1 saturated heterocycles. The summed E-state index contributed by atoms with van der Waals surface area (Å²) >= 11 is 5.16. The van der Waals surface area contributed by atoms with Gasteiger partial charge in [0.25, 0.3) is 0 Å². The molecule has 3 aliphatic rings. The van der Waals surface area contributed by atoms with Gasteiger partial charge in [0.2, 0.25) is 5.91 Å². The number of carbonyl (C=O) groups is 1. The summed E-state index contributed by atoms with van der Waals surface area (Å²) in [5.41, 5.74) is 5.78. The molecule has 2 aliphatic carbocycles. The van der Waals surface area contributed by atoms with Crippen molar-refractivity contribution in [3.05, 3.63) is 0 Å². The van der Waals surface area contributed by atoms with Gasteiger partial charge in [0.15, 0.2) is 0 Å². The molecule has 0 radical (unpaired) electrons. The maximum Gasteiger partial charge on any atom is 0.225 e. The van der Waals surface area contributed by atoms with Gasteiger partial charge in [-0.05, 0) is 43.9 Å². The molecule has 1 amide bonds. The molecule has 2 saturated carbocycles. The highest BCUT2D eigenvalue weighted by Crippen LogP contribution is 2.49. The van der Waals surface area contributed by atoms with Crippen molar-refractivity contribution in [3.8, 4) is 0 Å². The van der Waals surface area contributed by atoms with Crippen LogP contribution in [0.2, 0.25) is 0 Å². The van der Waals surface area contributed by atoms with E-state index >= 15 is 0 Å². The van der Waals surface area contributed by atoms with E-state index in [0.29, 0.717) is 22.7 Å². The molecule has 3 rings (SSSR count). The van der Waals surface area contributed by atoms with E-state index in [-0.39, 0.29) is 5.41 Å². The molecule has 3 nitrogen and oxygen atoms in total. The summed E-state index contributed by atoms with van der Waals surface area (Å²) in [7, 11) is 0. The van der Waals surface area contributed by atoms with Crippen molar-refractivity contribution >= 4 is 23.1 Å². The van der Waals surface area contributed by atoms with Crippen molar-refractivity contribution in [2.75, 3.05) is 13.1 Å². The Balaban J connectivity index is 1.60. The Morgan fingerprint density at radius 1 is 1.26 bits per heavy atom. The van der Waals surface area contributed by atoms with Crippen LogP contribution >= 0.6 is 12.2 Å². The van der Waals surface area contributed by atoms with E-state index < -0.39 is 0 Å². The van der Waals surface area contributed by atoms with Crippen molar-refractivity contribution in [1.82, 2.24) is 4.90 Å². The zero-order chi connectivity index (χ0) is 13.6. The van der Waals surface area contributed by atoms with Crippen molar-refractivity contribution in [2.24, 2.45) is 28.9 Å². The number of nitrogens with two attached hydrogens (primary N) is 1. The average molecular weight is 280 g/mol. The fraction of sp³-hybridized carbons (Fsp3) is 0.867. The number of rotatable bonds is 2. The van der Waals surface area contributed by atoms with Crippen LogP contribution < -0.4 is 5.73 Å². The first-order valence-corrected chi connectivity index (χ1v) is 7.99. The first-order valence-electron chi connectivity index (χ1n) is 7.58. The second kappa shape index (κ2) is 4.72. The summed E-state index contributed by atoms with van der Waals surface area (Å²) in [5.74, 6) is 2.26. The lowest BCUT2D eigenvalue weighted by atomic mass is 9.79. The fourth-order valence-electron chi connectivity index (χ4n) is 4.25. The number of fused-ring (bicyclic) bond motifs is 2. The van der Waals surface area contributed by atoms with E-state index in [1.165, 1.54) is 19.3 Å². The quantitative estimate of drug-likeness (QED) is 0.790. The summed E-state index contributed by atoms with van der Waals surface area (Å²) < 4.78 is 0. The Hall–Kier alpha value is -0.640. The van der Waals surface area contributed by atoms with Gasteiger partial charge >= 0.3 is 0 Å². The maximum absolute atomic E-state index is 12.6. The summed E-state index contributed by atoms with van der Waals surface area (Å²) in [6.07, 6.45) is 6.93. The Morgan fingerprint density at radius 3 is 2.42 bits per heavy atom. The van der Waals surface area contributed by atoms with Crippen LogP contribution in [-0.4, -0.2) is 28.9 Å². The number of hydrogen-bond donors (Lipinski definition) is 1. The largest absolute Gasteiger partial charge is 0.393 e. The zero-order valence-corrected chi connectivity index (χ0v) is 12.5. The number of likely N-dealkylation sites (tertiary alicyclic amines) is 1. The van der Waals surface area contributed by atoms with Gasteiger partial charge in [-0.25, -0.2) is 0 Å². The van der Waals surface area contributed by atoms with Crippen molar-refractivity contribution in [2.45, 2.75) is 45.4 Å². The molecule has 3 unspecified atom stereocenters. The van der Waals surface area contributed by atoms with E-state index in [0.717, 1.165) is 38.3 Å². The summed E-state index contributed by atoms with van der Waals surface area (Å²) in [5, 5.41) is 0. The maximum atomic E-state index is 12.6. The molecular formula is C15H24N2OS. The highest BCUT2D eigenvalue weighted by atomic mass is 32.1. The average Bonchev–Trinajstić information content (AvgIpc) is 3.01. The van der Waals surface area contributed by atoms with Crippen LogP contribution in [0.15, 0.2) is 0 Å². The molecule has 4 heteroatoms. The molecule has 0 aromatic heterocycles. The fourth-order valence-corrected chi connectivity index (χ4v) is 4.45. The number of hydrogen-bond acceptors (Lipinski definition) is 2. The van der Waals surface area contributed by atoms with Crippen LogP contribution in [0, 0.1) is 23.2 Å². The van der Waals surface area contributed by atoms with Gasteiger partial charge in [-0.3, -0.25) is 4.79 Å². The minimum Gasteiger partial charge on any atom is -0.393 e. The normalized spacial score (nSPS) is 36.5. The van der Waals surface area contributed by atoms with Gasteiger partial charge < -0.3 is 10.6 Å². The zero-order valence-electron chi connectivity index (χ0n) is 11.7. The standard InChI is InChI=1S/C15H24N2OS/c1-15(14(16)19)4-6-17(7-5-15)13(18)12-9-10-2-3-11(12)8-10/h10-12H,2-9H2,1H3,(H2,16,19). The van der Waals surface area contributed by atoms with Crippen LogP contribution in [-0.2, 0) is 4.79 Å². The molecule has 3 atom stereocenters. The van der Waals surface area contributed by atoms with Gasteiger partial charge in [0, 0.05) is 24.4 Å².